The van der Waals surface area contributed by atoms with Crippen LogP contribution in [-0.4, -0.2) is 54.8 Å². The number of ether oxygens (including phenoxy) is 1. The molecule has 0 aromatic heterocycles. The number of amides is 4. The summed E-state index contributed by atoms with van der Waals surface area (Å²) >= 11 is 0. The average molecular weight is 663 g/mol. The Morgan fingerprint density at radius 1 is 0.771 bits per heavy atom. The Morgan fingerprint density at radius 2 is 1.44 bits per heavy atom. The van der Waals surface area contributed by atoms with Crippen LogP contribution in [0.15, 0.2) is 83.9 Å². The van der Waals surface area contributed by atoms with Crippen molar-refractivity contribution in [3.63, 3.8) is 0 Å². The van der Waals surface area contributed by atoms with E-state index in [1.54, 1.807) is 24.3 Å². The minimum atomic E-state index is -1.21. The fourth-order valence-electron chi connectivity index (χ4n) is 4.74. The number of aliphatic imine (C=N–C) groups is 1. The molecule has 0 heterocycles. The maximum atomic E-state index is 13.8. The van der Waals surface area contributed by atoms with Crippen molar-refractivity contribution in [2.24, 2.45) is 27.9 Å². The lowest BCUT2D eigenvalue weighted by Gasteiger charge is -2.25. The molecule has 0 bridgehead atoms. The van der Waals surface area contributed by atoms with Crippen LogP contribution in [0.2, 0.25) is 0 Å². The maximum absolute atomic E-state index is 13.8. The summed E-state index contributed by atoms with van der Waals surface area (Å²) in [4.78, 5) is 56.4. The van der Waals surface area contributed by atoms with E-state index in [0.717, 1.165) is 11.6 Å². The summed E-state index contributed by atoms with van der Waals surface area (Å²) in [5.41, 5.74) is 23.5. The Balaban J connectivity index is 1.74. The molecule has 0 aliphatic heterocycles. The molecule has 13 nitrogen and oxygen atoms in total. The molecule has 0 radical (unpaired) electrons. The van der Waals surface area contributed by atoms with E-state index in [1.165, 1.54) is 18.2 Å². The van der Waals surface area contributed by atoms with Crippen LogP contribution in [0.3, 0.4) is 0 Å². The zero-order valence-electron chi connectivity index (χ0n) is 26.6. The van der Waals surface area contributed by atoms with Gasteiger partial charge in [-0.25, -0.2) is 4.39 Å². The van der Waals surface area contributed by atoms with Crippen molar-refractivity contribution in [1.29, 1.82) is 0 Å². The lowest BCUT2D eigenvalue weighted by molar-refractivity contribution is -0.132. The van der Waals surface area contributed by atoms with Crippen molar-refractivity contribution >= 4 is 29.6 Å². The Kier molecular flexibility index (Phi) is 14.8. The van der Waals surface area contributed by atoms with Crippen molar-refractivity contribution < 1.29 is 28.3 Å². The van der Waals surface area contributed by atoms with Gasteiger partial charge >= 0.3 is 0 Å². The number of rotatable bonds is 19. The molecule has 4 amide bonds. The van der Waals surface area contributed by atoms with Crippen LogP contribution < -0.4 is 43.6 Å². The molecule has 3 atom stereocenters. The van der Waals surface area contributed by atoms with E-state index >= 15 is 0 Å². The van der Waals surface area contributed by atoms with Gasteiger partial charge in [0.2, 0.25) is 17.7 Å². The summed E-state index contributed by atoms with van der Waals surface area (Å²) in [6.45, 7) is 0.888. The van der Waals surface area contributed by atoms with Gasteiger partial charge in [0, 0.05) is 12.1 Å². The van der Waals surface area contributed by atoms with Crippen molar-refractivity contribution in [2.45, 2.75) is 56.8 Å². The van der Waals surface area contributed by atoms with Crippen LogP contribution in [0, 0.1) is 5.82 Å². The summed E-state index contributed by atoms with van der Waals surface area (Å²) in [7, 11) is 0. The average Bonchev–Trinajstić information content (AvgIpc) is 3.07. The van der Waals surface area contributed by atoms with Crippen LogP contribution in [0.4, 0.5) is 4.39 Å². The second-order valence-electron chi connectivity index (χ2n) is 11.0. The molecule has 0 unspecified atom stereocenters. The molecule has 0 spiro atoms. The number of nitrogens with one attached hydrogen (secondary N) is 3. The molecule has 0 fully saturated rings. The molecule has 3 aromatic rings. The fourth-order valence-corrected chi connectivity index (χ4v) is 4.74. The largest absolute Gasteiger partial charge is 0.489 e. The van der Waals surface area contributed by atoms with Crippen LogP contribution in [0.5, 0.6) is 5.75 Å². The molecule has 0 aliphatic rings. The van der Waals surface area contributed by atoms with E-state index in [0.29, 0.717) is 43.7 Å². The van der Waals surface area contributed by atoms with Crippen LogP contribution in [0.1, 0.15) is 59.6 Å². The third-order valence-corrected chi connectivity index (χ3v) is 7.27. The van der Waals surface area contributed by atoms with Gasteiger partial charge in [-0.3, -0.25) is 24.2 Å². The number of benzene rings is 3. The van der Waals surface area contributed by atoms with Gasteiger partial charge in [0.25, 0.3) is 5.91 Å². The highest BCUT2D eigenvalue weighted by molar-refractivity contribution is 5.98. The van der Waals surface area contributed by atoms with E-state index in [-0.39, 0.29) is 30.9 Å². The zero-order valence-corrected chi connectivity index (χ0v) is 26.6. The van der Waals surface area contributed by atoms with Gasteiger partial charge in [0.1, 0.15) is 36.3 Å². The minimum Gasteiger partial charge on any atom is -0.489 e. The number of primary amides is 1. The number of hydrogen-bond acceptors (Lipinski definition) is 7. The van der Waals surface area contributed by atoms with Gasteiger partial charge in [-0.15, -0.1) is 0 Å². The number of nitrogens with zero attached hydrogens (tertiary/aromatic N) is 1. The minimum absolute atomic E-state index is 0.00930. The van der Waals surface area contributed by atoms with E-state index in [1.807, 2.05) is 30.3 Å². The molecule has 14 heteroatoms. The Morgan fingerprint density at radius 3 is 2.08 bits per heavy atom. The maximum Gasteiger partial charge on any atom is 0.252 e. The first-order valence-electron chi connectivity index (χ1n) is 15.6. The number of carbonyl (C=O) groups excluding carboxylic acids is 4. The monoisotopic (exact) mass is 662 g/mol. The van der Waals surface area contributed by atoms with E-state index in [2.05, 4.69) is 20.9 Å². The number of guanidine groups is 1. The van der Waals surface area contributed by atoms with Crippen LogP contribution in [-0.2, 0) is 21.0 Å². The first-order chi connectivity index (χ1) is 23.1. The van der Waals surface area contributed by atoms with Gasteiger partial charge in [0.05, 0.1) is 0 Å². The fraction of sp³-hybridized carbons (Fsp3) is 0.324. The van der Waals surface area contributed by atoms with Gasteiger partial charge in [0.15, 0.2) is 5.96 Å². The summed E-state index contributed by atoms with van der Waals surface area (Å²) in [5, 5.41) is 7.94. The molecule has 0 saturated carbocycles. The van der Waals surface area contributed by atoms with E-state index in [4.69, 9.17) is 27.7 Å². The molecule has 0 saturated heterocycles. The molecule has 11 N–H and O–H groups in total. The second kappa shape index (κ2) is 19.2. The number of unbranched alkanes of at least 4 members (excludes halogenated alkanes) is 1. The van der Waals surface area contributed by atoms with Crippen molar-refractivity contribution in [1.82, 2.24) is 16.0 Å². The highest BCUT2D eigenvalue weighted by Crippen LogP contribution is 2.20. The van der Waals surface area contributed by atoms with Crippen molar-refractivity contribution in [3.8, 4) is 5.75 Å². The van der Waals surface area contributed by atoms with E-state index in [9.17, 15) is 23.6 Å². The number of halogens is 1. The summed E-state index contributed by atoms with van der Waals surface area (Å²) < 4.78 is 19.6. The summed E-state index contributed by atoms with van der Waals surface area (Å²) in [6, 6.07) is 17.7. The predicted molar refractivity (Wildman–Crippen MR) is 180 cm³/mol. The lowest BCUT2D eigenvalue weighted by atomic mass is 10.0. The molecule has 0 aliphatic carbocycles. The summed E-state index contributed by atoms with van der Waals surface area (Å²) in [6.07, 6.45) is 1.64. The summed E-state index contributed by atoms with van der Waals surface area (Å²) in [5.74, 6) is -3.03. The zero-order chi connectivity index (χ0) is 34.9. The number of carbonyl (C=O) groups is 4. The van der Waals surface area contributed by atoms with Gasteiger partial charge in [-0.2, -0.15) is 0 Å². The first-order valence-corrected chi connectivity index (χ1v) is 15.6. The topological polar surface area (TPSA) is 230 Å². The molecule has 3 aromatic carbocycles. The number of nitrogens with two attached hydrogens (primary N) is 4. The van der Waals surface area contributed by atoms with Gasteiger partial charge < -0.3 is 43.6 Å². The van der Waals surface area contributed by atoms with Crippen LogP contribution >= 0.6 is 0 Å². The Labute approximate surface area is 278 Å². The van der Waals surface area contributed by atoms with E-state index < -0.39 is 47.6 Å². The molecule has 48 heavy (non-hydrogen) atoms. The van der Waals surface area contributed by atoms with Crippen molar-refractivity contribution in [2.75, 3.05) is 13.1 Å². The third-order valence-electron chi connectivity index (χ3n) is 7.27. The number of hydrogen-bond donors (Lipinski definition) is 7. The van der Waals surface area contributed by atoms with Crippen molar-refractivity contribution in [3.05, 3.63) is 101 Å². The Hall–Kier alpha value is -5.50. The SMILES string of the molecule is NCCCC[C@H](NC(=O)[C@H](CCCN=C(N)N)NC(=O)c1cccc(F)c1)C(=O)N[C@@H](C(N)=O)c1ccc(OCc2ccccc2)cc1. The van der Waals surface area contributed by atoms with Gasteiger partial charge in [-0.1, -0.05) is 48.5 Å². The lowest BCUT2D eigenvalue weighted by Crippen LogP contribution is -2.54. The molecular weight excluding hydrogens is 619 g/mol. The normalized spacial score (nSPS) is 12.5. The molecule has 3 rings (SSSR count). The smallest absolute Gasteiger partial charge is 0.252 e. The highest BCUT2D eigenvalue weighted by Gasteiger charge is 2.29. The predicted octanol–water partition coefficient (Wildman–Crippen LogP) is 1.51. The second-order valence-corrected chi connectivity index (χ2v) is 11.0. The quantitative estimate of drug-likeness (QED) is 0.0564. The molecular formula is C34H43FN8O5. The third kappa shape index (κ3) is 12.4. The standard InChI is InChI=1S/C34H43FN8O5/c35-25-11-6-10-24(20-25)31(45)41-28(13-7-19-40-34(38)39)32(46)42-27(12-4-5-18-36)33(47)43-29(30(37)44)23-14-16-26(17-15-23)48-21-22-8-2-1-3-9-22/h1-3,6,8-11,14-17,20,27-29H,4-5,7,12-13,18-19,21,36H2,(H2,37,44)(H,41,45)(H,42,46)(H,43,47)(H4,38,39,40)/t27-,28-,29+/m0/s1. The van der Waals surface area contributed by atoms with Gasteiger partial charge in [-0.05, 0) is 80.1 Å². The highest BCUT2D eigenvalue weighted by atomic mass is 19.1. The Bertz CT molecular complexity index is 1530. The first kappa shape index (κ1) is 37.0. The molecule has 256 valence electrons. The van der Waals surface area contributed by atoms with Crippen LogP contribution in [0.25, 0.3) is 0 Å².